The maximum absolute atomic E-state index is 6.06. The van der Waals surface area contributed by atoms with E-state index in [4.69, 9.17) is 14.2 Å². The summed E-state index contributed by atoms with van der Waals surface area (Å²) in [6, 6.07) is 4.01. The van der Waals surface area contributed by atoms with Gasteiger partial charge in [0.2, 0.25) is 6.79 Å². The van der Waals surface area contributed by atoms with E-state index in [0.717, 1.165) is 41.9 Å². The summed E-state index contributed by atoms with van der Waals surface area (Å²) in [7, 11) is 0. The van der Waals surface area contributed by atoms with E-state index in [0.29, 0.717) is 6.79 Å². The zero-order valence-corrected chi connectivity index (χ0v) is 13.2. The Balaban J connectivity index is 1.74. The molecular weight excluding hydrogens is 266 g/mol. The summed E-state index contributed by atoms with van der Waals surface area (Å²) in [4.78, 5) is 0. The van der Waals surface area contributed by atoms with Crippen molar-refractivity contribution < 1.29 is 14.2 Å². The molecule has 1 aromatic carbocycles. The maximum atomic E-state index is 6.06. The second kappa shape index (κ2) is 5.76. The fourth-order valence-corrected chi connectivity index (χ4v) is 2.47. The van der Waals surface area contributed by atoms with Gasteiger partial charge in [-0.3, -0.25) is 0 Å². The summed E-state index contributed by atoms with van der Waals surface area (Å²) in [5, 5.41) is 3.51. The highest BCUT2D eigenvalue weighted by Crippen LogP contribution is 2.39. The first-order chi connectivity index (χ1) is 10.0. The molecule has 0 radical (unpaired) electrons. The number of hydrogen-bond acceptors (Lipinski definition) is 4. The number of nitrogens with one attached hydrogen (secondary N) is 1. The molecule has 3 rings (SSSR count). The Morgan fingerprint density at radius 1 is 1.19 bits per heavy atom. The SMILES string of the molecule is CC(C)(C)NCc1cc2c(cc1OCC1CCC1)OCO2. The van der Waals surface area contributed by atoms with Gasteiger partial charge in [0.05, 0.1) is 6.61 Å². The lowest BCUT2D eigenvalue weighted by Gasteiger charge is -2.26. The topological polar surface area (TPSA) is 39.7 Å². The molecule has 1 fully saturated rings. The molecule has 0 saturated heterocycles. The summed E-state index contributed by atoms with van der Waals surface area (Å²) in [5.74, 6) is 3.25. The third-order valence-electron chi connectivity index (χ3n) is 4.06. The van der Waals surface area contributed by atoms with Gasteiger partial charge in [0, 0.05) is 23.7 Å². The average molecular weight is 291 g/mol. The Kier molecular flexibility index (Phi) is 3.98. The summed E-state index contributed by atoms with van der Waals surface area (Å²) in [6.07, 6.45) is 3.92. The van der Waals surface area contributed by atoms with Gasteiger partial charge in [-0.1, -0.05) is 6.42 Å². The Morgan fingerprint density at radius 2 is 1.90 bits per heavy atom. The van der Waals surface area contributed by atoms with Crippen molar-refractivity contribution in [3.05, 3.63) is 17.7 Å². The molecule has 1 N–H and O–H groups in total. The monoisotopic (exact) mass is 291 g/mol. The highest BCUT2D eigenvalue weighted by Gasteiger charge is 2.22. The molecule has 0 unspecified atom stereocenters. The molecule has 1 saturated carbocycles. The largest absolute Gasteiger partial charge is 0.493 e. The van der Waals surface area contributed by atoms with Crippen LogP contribution in [0.4, 0.5) is 0 Å². The Labute approximate surface area is 126 Å². The van der Waals surface area contributed by atoms with Crippen molar-refractivity contribution in [1.82, 2.24) is 5.32 Å². The lowest BCUT2D eigenvalue weighted by Crippen LogP contribution is -2.35. The fourth-order valence-electron chi connectivity index (χ4n) is 2.47. The minimum Gasteiger partial charge on any atom is -0.493 e. The van der Waals surface area contributed by atoms with Gasteiger partial charge in [0.25, 0.3) is 0 Å². The molecule has 0 aromatic heterocycles. The Hall–Kier alpha value is -1.42. The average Bonchev–Trinajstić information content (AvgIpc) is 2.80. The highest BCUT2D eigenvalue weighted by atomic mass is 16.7. The zero-order valence-electron chi connectivity index (χ0n) is 13.2. The van der Waals surface area contributed by atoms with Crippen LogP contribution in [-0.2, 0) is 6.54 Å². The molecule has 1 aromatic rings. The minimum atomic E-state index is 0.0710. The van der Waals surface area contributed by atoms with E-state index >= 15 is 0 Å². The third-order valence-corrected chi connectivity index (χ3v) is 4.06. The molecule has 0 atom stereocenters. The van der Waals surface area contributed by atoms with Crippen molar-refractivity contribution in [2.75, 3.05) is 13.4 Å². The van der Waals surface area contributed by atoms with Gasteiger partial charge in [0.1, 0.15) is 5.75 Å². The standard InChI is InChI=1S/C17H25NO3/c1-17(2,3)18-9-13-7-15-16(21-11-20-15)8-14(13)19-10-12-5-4-6-12/h7-8,12,18H,4-6,9-11H2,1-3H3. The van der Waals surface area contributed by atoms with Crippen LogP contribution in [0.25, 0.3) is 0 Å². The van der Waals surface area contributed by atoms with Gasteiger partial charge in [-0.15, -0.1) is 0 Å². The molecule has 4 heteroatoms. The number of fused-ring (bicyclic) bond motifs is 1. The molecule has 0 spiro atoms. The van der Waals surface area contributed by atoms with Crippen LogP contribution in [0.2, 0.25) is 0 Å². The molecule has 21 heavy (non-hydrogen) atoms. The van der Waals surface area contributed by atoms with Crippen LogP contribution in [0.5, 0.6) is 17.2 Å². The van der Waals surface area contributed by atoms with Crippen LogP contribution in [0, 0.1) is 5.92 Å². The van der Waals surface area contributed by atoms with Crippen LogP contribution >= 0.6 is 0 Å². The number of hydrogen-bond donors (Lipinski definition) is 1. The van der Waals surface area contributed by atoms with E-state index in [1.54, 1.807) is 0 Å². The van der Waals surface area contributed by atoms with Gasteiger partial charge >= 0.3 is 0 Å². The van der Waals surface area contributed by atoms with E-state index in [-0.39, 0.29) is 5.54 Å². The summed E-state index contributed by atoms with van der Waals surface area (Å²) >= 11 is 0. The highest BCUT2D eigenvalue weighted by molar-refractivity contribution is 5.51. The van der Waals surface area contributed by atoms with Gasteiger partial charge in [-0.05, 0) is 45.6 Å². The smallest absolute Gasteiger partial charge is 0.231 e. The van der Waals surface area contributed by atoms with E-state index in [2.05, 4.69) is 26.1 Å². The Bertz CT molecular complexity index is 503. The minimum absolute atomic E-state index is 0.0710. The second-order valence-electron chi connectivity index (χ2n) is 7.02. The predicted molar refractivity (Wildman–Crippen MR) is 82.0 cm³/mol. The molecule has 0 amide bonds. The van der Waals surface area contributed by atoms with E-state index in [1.807, 2.05) is 12.1 Å². The molecule has 1 aliphatic carbocycles. The van der Waals surface area contributed by atoms with Crippen LogP contribution in [0.1, 0.15) is 45.6 Å². The molecule has 1 aliphatic heterocycles. The van der Waals surface area contributed by atoms with Crippen molar-refractivity contribution in [3.63, 3.8) is 0 Å². The van der Waals surface area contributed by atoms with Crippen molar-refractivity contribution >= 4 is 0 Å². The lowest BCUT2D eigenvalue weighted by molar-refractivity contribution is 0.172. The second-order valence-corrected chi connectivity index (χ2v) is 7.02. The van der Waals surface area contributed by atoms with Crippen molar-refractivity contribution in [2.45, 2.75) is 52.1 Å². The molecule has 2 aliphatic rings. The van der Waals surface area contributed by atoms with Gasteiger partial charge in [0.15, 0.2) is 11.5 Å². The van der Waals surface area contributed by atoms with Crippen LogP contribution in [0.3, 0.4) is 0 Å². The van der Waals surface area contributed by atoms with E-state index in [1.165, 1.54) is 19.3 Å². The summed E-state index contributed by atoms with van der Waals surface area (Å²) in [5.41, 5.74) is 1.20. The zero-order chi connectivity index (χ0) is 14.9. The quantitative estimate of drug-likeness (QED) is 0.901. The molecule has 1 heterocycles. The number of rotatable bonds is 5. The maximum Gasteiger partial charge on any atom is 0.231 e. The molecular formula is C17H25NO3. The van der Waals surface area contributed by atoms with Crippen molar-refractivity contribution in [3.8, 4) is 17.2 Å². The number of ether oxygens (including phenoxy) is 3. The Morgan fingerprint density at radius 3 is 2.52 bits per heavy atom. The normalized spacial score (nSPS) is 17.7. The van der Waals surface area contributed by atoms with Gasteiger partial charge in [-0.2, -0.15) is 0 Å². The van der Waals surface area contributed by atoms with E-state index < -0.39 is 0 Å². The number of benzene rings is 1. The van der Waals surface area contributed by atoms with Crippen LogP contribution < -0.4 is 19.5 Å². The first-order valence-electron chi connectivity index (χ1n) is 7.81. The molecule has 116 valence electrons. The predicted octanol–water partition coefficient (Wildman–Crippen LogP) is 3.48. The van der Waals surface area contributed by atoms with Crippen LogP contribution in [-0.4, -0.2) is 18.9 Å². The van der Waals surface area contributed by atoms with Gasteiger partial charge < -0.3 is 19.5 Å². The third kappa shape index (κ3) is 3.62. The first-order valence-corrected chi connectivity index (χ1v) is 7.81. The summed E-state index contributed by atoms with van der Waals surface area (Å²) < 4.78 is 17.0. The van der Waals surface area contributed by atoms with Crippen LogP contribution in [0.15, 0.2) is 12.1 Å². The summed E-state index contributed by atoms with van der Waals surface area (Å²) in [6.45, 7) is 8.36. The van der Waals surface area contributed by atoms with E-state index in [9.17, 15) is 0 Å². The fraction of sp³-hybridized carbons (Fsp3) is 0.647. The van der Waals surface area contributed by atoms with Gasteiger partial charge in [-0.25, -0.2) is 0 Å². The lowest BCUT2D eigenvalue weighted by atomic mass is 9.86. The molecule has 4 nitrogen and oxygen atoms in total. The first kappa shape index (κ1) is 14.5. The molecule has 0 bridgehead atoms. The van der Waals surface area contributed by atoms with Crippen molar-refractivity contribution in [1.29, 1.82) is 0 Å². The van der Waals surface area contributed by atoms with Crippen molar-refractivity contribution in [2.24, 2.45) is 5.92 Å².